The number of esters is 1. The maximum atomic E-state index is 11.4. The largest absolute Gasteiger partial charge is 0.469 e. The van der Waals surface area contributed by atoms with Crippen molar-refractivity contribution in [2.24, 2.45) is 5.73 Å². The summed E-state index contributed by atoms with van der Waals surface area (Å²) in [5.74, 6) is -0.185. The second kappa shape index (κ2) is 7.17. The van der Waals surface area contributed by atoms with Gasteiger partial charge in [0.2, 0.25) is 0 Å². The van der Waals surface area contributed by atoms with E-state index >= 15 is 0 Å². The number of nitrogens with two attached hydrogens (primary N) is 1. The van der Waals surface area contributed by atoms with Gasteiger partial charge in [-0.1, -0.05) is 36.4 Å². The van der Waals surface area contributed by atoms with E-state index in [4.69, 9.17) is 10.5 Å². The van der Waals surface area contributed by atoms with Crippen LogP contribution in [0.25, 0.3) is 22.2 Å². The van der Waals surface area contributed by atoms with E-state index in [9.17, 15) is 9.59 Å². The number of carbonyl (C=O) groups excluding carboxylic acids is 2. The molecule has 0 fully saturated rings. The van der Waals surface area contributed by atoms with Crippen molar-refractivity contribution in [3.8, 4) is 11.4 Å². The summed E-state index contributed by atoms with van der Waals surface area (Å²) in [5.41, 5.74) is 7.54. The summed E-state index contributed by atoms with van der Waals surface area (Å²) in [6.07, 6.45) is 3.14. The smallest absolute Gasteiger partial charge is 0.305 e. The van der Waals surface area contributed by atoms with Gasteiger partial charge in [0.25, 0.3) is 5.91 Å². The minimum absolute atomic E-state index is 0.226. The van der Waals surface area contributed by atoms with Crippen LogP contribution in [-0.2, 0) is 16.0 Å². The Kier molecular flexibility index (Phi) is 4.79. The number of imidazole rings is 1. The van der Waals surface area contributed by atoms with Gasteiger partial charge in [-0.25, -0.2) is 4.98 Å². The number of nitrogens with one attached hydrogen (secondary N) is 1. The van der Waals surface area contributed by atoms with Crippen molar-refractivity contribution in [2.45, 2.75) is 19.3 Å². The van der Waals surface area contributed by atoms with E-state index < -0.39 is 5.91 Å². The topological polar surface area (TPSA) is 98.1 Å². The number of fused-ring (bicyclic) bond motifs is 1. The Morgan fingerprint density at radius 1 is 1.20 bits per heavy atom. The number of hydrogen-bond donors (Lipinski definition) is 2. The van der Waals surface area contributed by atoms with Crippen molar-refractivity contribution in [2.75, 3.05) is 7.11 Å². The average Bonchev–Trinajstić information content (AvgIpc) is 3.11. The molecule has 6 heteroatoms. The Balaban J connectivity index is 2.02. The van der Waals surface area contributed by atoms with Crippen molar-refractivity contribution >= 4 is 22.6 Å². The van der Waals surface area contributed by atoms with Gasteiger partial charge in [-0.15, -0.1) is 0 Å². The van der Waals surface area contributed by atoms with Crippen LogP contribution in [0.3, 0.4) is 0 Å². The highest BCUT2D eigenvalue weighted by molar-refractivity contribution is 5.93. The van der Waals surface area contributed by atoms with Crippen molar-refractivity contribution < 1.29 is 14.3 Å². The van der Waals surface area contributed by atoms with E-state index in [1.807, 2.05) is 36.4 Å². The fraction of sp³-hybridized carbons (Fsp3) is 0.211. The molecule has 128 valence electrons. The number of hydrogen-bond acceptors (Lipinski definition) is 4. The predicted octanol–water partition coefficient (Wildman–Crippen LogP) is 2.82. The number of methoxy groups -OCH3 is 1. The molecule has 6 nitrogen and oxygen atoms in total. The number of carbonyl (C=O) groups is 2. The van der Waals surface area contributed by atoms with E-state index in [2.05, 4.69) is 9.97 Å². The molecular weight excluding hydrogens is 318 g/mol. The first-order valence-electron chi connectivity index (χ1n) is 8.02. The molecule has 0 aliphatic heterocycles. The van der Waals surface area contributed by atoms with Gasteiger partial charge in [0.1, 0.15) is 11.5 Å². The molecule has 3 aromatic rings. The number of primary amides is 1. The molecule has 1 amide bonds. The highest BCUT2D eigenvalue weighted by Gasteiger charge is 2.14. The summed E-state index contributed by atoms with van der Waals surface area (Å²) in [5, 5.41) is 2.21. The Labute approximate surface area is 145 Å². The minimum atomic E-state index is -0.549. The fourth-order valence-corrected chi connectivity index (χ4v) is 2.92. The number of ether oxygens (including phenoxy) is 1. The summed E-state index contributed by atoms with van der Waals surface area (Å²) >= 11 is 0. The van der Waals surface area contributed by atoms with Gasteiger partial charge in [0, 0.05) is 12.0 Å². The van der Waals surface area contributed by atoms with Crippen LogP contribution >= 0.6 is 0 Å². The second-order valence-corrected chi connectivity index (χ2v) is 5.75. The van der Waals surface area contributed by atoms with E-state index in [0.29, 0.717) is 25.1 Å². The normalized spacial score (nSPS) is 10.8. The Hall–Kier alpha value is -3.15. The number of aromatic nitrogens is 2. The van der Waals surface area contributed by atoms with Gasteiger partial charge in [-0.3, -0.25) is 9.59 Å². The number of aromatic amines is 1. The highest BCUT2D eigenvalue weighted by atomic mass is 16.5. The van der Waals surface area contributed by atoms with Gasteiger partial charge in [0.15, 0.2) is 0 Å². The van der Waals surface area contributed by atoms with Gasteiger partial charge in [0.05, 0.1) is 13.3 Å². The number of amides is 1. The van der Waals surface area contributed by atoms with Crippen LogP contribution in [0.1, 0.15) is 28.9 Å². The first-order chi connectivity index (χ1) is 12.1. The molecular formula is C19H19N3O3. The molecule has 1 heterocycles. The van der Waals surface area contributed by atoms with Crippen LogP contribution in [0.5, 0.6) is 0 Å². The lowest BCUT2D eigenvalue weighted by Gasteiger charge is -2.12. The molecule has 0 spiro atoms. The van der Waals surface area contributed by atoms with E-state index in [-0.39, 0.29) is 11.7 Å². The Morgan fingerprint density at radius 2 is 2.00 bits per heavy atom. The van der Waals surface area contributed by atoms with Crippen LogP contribution in [0.2, 0.25) is 0 Å². The van der Waals surface area contributed by atoms with Crippen LogP contribution in [0.4, 0.5) is 0 Å². The third kappa shape index (κ3) is 3.52. The molecule has 0 radical (unpaired) electrons. The summed E-state index contributed by atoms with van der Waals surface area (Å²) in [6.45, 7) is 0. The van der Waals surface area contributed by atoms with E-state index in [1.54, 1.807) is 0 Å². The minimum Gasteiger partial charge on any atom is -0.469 e. The zero-order valence-electron chi connectivity index (χ0n) is 13.9. The summed E-state index contributed by atoms with van der Waals surface area (Å²) in [7, 11) is 1.39. The third-order valence-corrected chi connectivity index (χ3v) is 4.17. The maximum Gasteiger partial charge on any atom is 0.305 e. The van der Waals surface area contributed by atoms with Crippen molar-refractivity contribution in [1.82, 2.24) is 9.97 Å². The van der Waals surface area contributed by atoms with Crippen molar-refractivity contribution in [3.63, 3.8) is 0 Å². The molecule has 0 bridgehead atoms. The average molecular weight is 337 g/mol. The van der Waals surface area contributed by atoms with Gasteiger partial charge < -0.3 is 15.5 Å². The molecule has 0 saturated heterocycles. The number of H-pyrrole nitrogens is 1. The third-order valence-electron chi connectivity index (χ3n) is 4.17. The molecule has 3 rings (SSSR count). The van der Waals surface area contributed by atoms with E-state index in [1.165, 1.54) is 13.3 Å². The van der Waals surface area contributed by atoms with Crippen molar-refractivity contribution in [3.05, 3.63) is 53.9 Å². The van der Waals surface area contributed by atoms with Gasteiger partial charge >= 0.3 is 5.97 Å². The maximum absolute atomic E-state index is 11.4. The highest BCUT2D eigenvalue weighted by Crippen LogP contribution is 2.30. The Morgan fingerprint density at radius 3 is 2.72 bits per heavy atom. The first kappa shape index (κ1) is 16.7. The molecule has 1 aromatic heterocycles. The lowest BCUT2D eigenvalue weighted by Crippen LogP contribution is -2.11. The summed E-state index contributed by atoms with van der Waals surface area (Å²) in [4.78, 5) is 30.0. The predicted molar refractivity (Wildman–Crippen MR) is 95.0 cm³/mol. The molecule has 0 aliphatic rings. The molecule has 0 unspecified atom stereocenters. The van der Waals surface area contributed by atoms with E-state index in [0.717, 1.165) is 21.9 Å². The molecule has 0 atom stereocenters. The van der Waals surface area contributed by atoms with Gasteiger partial charge in [-0.05, 0) is 29.2 Å². The first-order valence-corrected chi connectivity index (χ1v) is 8.02. The molecule has 0 aliphatic carbocycles. The quantitative estimate of drug-likeness (QED) is 0.676. The van der Waals surface area contributed by atoms with Crippen LogP contribution in [0, 0.1) is 0 Å². The molecule has 25 heavy (non-hydrogen) atoms. The Bertz CT molecular complexity index is 931. The lowest BCUT2D eigenvalue weighted by atomic mass is 9.94. The molecule has 3 N–H and O–H groups in total. The molecule has 2 aromatic carbocycles. The summed E-state index contributed by atoms with van der Waals surface area (Å²) < 4.78 is 4.71. The number of rotatable bonds is 6. The lowest BCUT2D eigenvalue weighted by molar-refractivity contribution is -0.140. The summed E-state index contributed by atoms with van der Waals surface area (Å²) in [6, 6.07) is 12.0. The van der Waals surface area contributed by atoms with Crippen LogP contribution in [0.15, 0.2) is 42.6 Å². The standard InChI is InChI=1S/C19H19N3O3/c1-25-17(23)8-4-7-14-13-6-3-2-5-12(13)9-10-15(14)19-21-11-16(22-19)18(20)24/h2-3,5-6,9-11H,4,7-8H2,1H3,(H2,20,24)(H,21,22). The van der Waals surface area contributed by atoms with Crippen LogP contribution < -0.4 is 5.73 Å². The number of benzene rings is 2. The zero-order chi connectivity index (χ0) is 17.8. The number of aryl methyl sites for hydroxylation is 1. The van der Waals surface area contributed by atoms with Crippen LogP contribution in [-0.4, -0.2) is 29.0 Å². The zero-order valence-corrected chi connectivity index (χ0v) is 13.9. The molecule has 0 saturated carbocycles. The monoisotopic (exact) mass is 337 g/mol. The van der Waals surface area contributed by atoms with Crippen molar-refractivity contribution in [1.29, 1.82) is 0 Å². The second-order valence-electron chi connectivity index (χ2n) is 5.75. The number of nitrogens with zero attached hydrogens (tertiary/aromatic N) is 1. The SMILES string of the molecule is COC(=O)CCCc1c(-c2ncc(C(N)=O)[nH]2)ccc2ccccc12. The fourth-order valence-electron chi connectivity index (χ4n) is 2.92. The van der Waals surface area contributed by atoms with Gasteiger partial charge in [-0.2, -0.15) is 0 Å².